The molecule has 0 heterocycles. The third-order valence-corrected chi connectivity index (χ3v) is 3.16. The quantitative estimate of drug-likeness (QED) is 0.644. The fourth-order valence-corrected chi connectivity index (χ4v) is 2.20. The lowest BCUT2D eigenvalue weighted by molar-refractivity contribution is -0.385. The number of benzene rings is 1. The number of nitro groups is 1. The molecule has 5 nitrogen and oxygen atoms in total. The van der Waals surface area contributed by atoms with E-state index in [4.69, 9.17) is 17.3 Å². The van der Waals surface area contributed by atoms with Crippen LogP contribution in [0.25, 0.3) is 0 Å². The minimum atomic E-state index is -0.381. The fraction of sp³-hybridized carbons (Fsp3) is 0.538. The minimum Gasteiger partial charge on any atom is -0.330 e. The number of nitrogens with zero attached hydrogens (tertiary/aromatic N) is 2. The van der Waals surface area contributed by atoms with E-state index in [9.17, 15) is 10.1 Å². The molecule has 0 bridgehead atoms. The number of nitrogens with two attached hydrogens (primary N) is 1. The van der Waals surface area contributed by atoms with Crippen LogP contribution in [0.5, 0.6) is 0 Å². The first kappa shape index (κ1) is 15.9. The molecule has 106 valence electrons. The van der Waals surface area contributed by atoms with Gasteiger partial charge in [0.2, 0.25) is 0 Å². The Bertz CT molecular complexity index is 463. The molecular formula is C13H20ClN3O2. The molecule has 2 N–H and O–H groups in total. The molecule has 0 saturated heterocycles. The van der Waals surface area contributed by atoms with E-state index in [2.05, 4.69) is 13.8 Å². The van der Waals surface area contributed by atoms with Gasteiger partial charge in [0.15, 0.2) is 0 Å². The van der Waals surface area contributed by atoms with Gasteiger partial charge in [-0.15, -0.1) is 0 Å². The molecule has 0 unspecified atom stereocenters. The van der Waals surface area contributed by atoms with Gasteiger partial charge < -0.3 is 10.6 Å². The number of hydrogen-bond acceptors (Lipinski definition) is 4. The van der Waals surface area contributed by atoms with Crippen LogP contribution in [0, 0.1) is 15.5 Å². The summed E-state index contributed by atoms with van der Waals surface area (Å²) in [5.41, 5.74) is 6.39. The molecule has 0 aliphatic carbocycles. The van der Waals surface area contributed by atoms with Gasteiger partial charge in [-0.3, -0.25) is 10.1 Å². The molecule has 1 aromatic carbocycles. The molecule has 0 saturated carbocycles. The maximum Gasteiger partial charge on any atom is 0.273 e. The zero-order valence-corrected chi connectivity index (χ0v) is 12.3. The normalized spacial score (nSPS) is 11.9. The van der Waals surface area contributed by atoms with Crippen molar-refractivity contribution in [3.63, 3.8) is 0 Å². The van der Waals surface area contributed by atoms with Crippen molar-refractivity contribution in [2.75, 3.05) is 20.1 Å². The van der Waals surface area contributed by atoms with Crippen LogP contribution in [0.1, 0.15) is 19.4 Å². The van der Waals surface area contributed by atoms with Gasteiger partial charge in [-0.1, -0.05) is 25.4 Å². The Labute approximate surface area is 118 Å². The predicted octanol–water partition coefficient (Wildman–Crippen LogP) is 2.66. The molecule has 0 amide bonds. The highest BCUT2D eigenvalue weighted by Gasteiger charge is 2.21. The summed E-state index contributed by atoms with van der Waals surface area (Å²) in [6.07, 6.45) is 0. The second-order valence-electron chi connectivity index (χ2n) is 5.57. The molecule has 1 aromatic rings. The summed E-state index contributed by atoms with van der Waals surface area (Å²) in [4.78, 5) is 12.6. The smallest absolute Gasteiger partial charge is 0.273 e. The van der Waals surface area contributed by atoms with Crippen molar-refractivity contribution in [1.29, 1.82) is 0 Å². The third kappa shape index (κ3) is 4.78. The van der Waals surface area contributed by atoms with E-state index in [1.807, 2.05) is 11.9 Å². The highest BCUT2D eigenvalue weighted by molar-refractivity contribution is 6.30. The minimum absolute atomic E-state index is 0.0257. The highest BCUT2D eigenvalue weighted by atomic mass is 35.5. The largest absolute Gasteiger partial charge is 0.330 e. The van der Waals surface area contributed by atoms with Gasteiger partial charge in [0.1, 0.15) is 0 Å². The standard InChI is InChI=1S/C13H20ClN3O2/c1-13(2,8-15)9-16(3)7-10-6-11(14)4-5-12(10)17(18)19/h4-6H,7-9,15H2,1-3H3. The van der Waals surface area contributed by atoms with Crippen molar-refractivity contribution in [3.05, 3.63) is 38.9 Å². The maximum atomic E-state index is 11.0. The van der Waals surface area contributed by atoms with E-state index >= 15 is 0 Å². The molecule has 19 heavy (non-hydrogen) atoms. The van der Waals surface area contributed by atoms with Gasteiger partial charge in [-0.05, 0) is 31.1 Å². The zero-order chi connectivity index (χ0) is 14.6. The summed E-state index contributed by atoms with van der Waals surface area (Å²) in [5, 5.41) is 11.5. The number of rotatable bonds is 6. The number of hydrogen-bond donors (Lipinski definition) is 1. The van der Waals surface area contributed by atoms with E-state index in [0.717, 1.165) is 6.54 Å². The van der Waals surface area contributed by atoms with Crippen LogP contribution in [-0.4, -0.2) is 30.0 Å². The predicted molar refractivity (Wildman–Crippen MR) is 77.3 cm³/mol. The van der Waals surface area contributed by atoms with Gasteiger partial charge in [0.05, 0.1) is 4.92 Å². The van der Waals surface area contributed by atoms with Crippen LogP contribution in [-0.2, 0) is 6.54 Å². The Hall–Kier alpha value is -1.17. The molecular weight excluding hydrogens is 266 g/mol. The van der Waals surface area contributed by atoms with E-state index in [1.165, 1.54) is 12.1 Å². The zero-order valence-electron chi connectivity index (χ0n) is 11.5. The molecule has 0 aromatic heterocycles. The third-order valence-electron chi connectivity index (χ3n) is 2.93. The molecule has 0 fully saturated rings. The van der Waals surface area contributed by atoms with Crippen LogP contribution >= 0.6 is 11.6 Å². The molecule has 0 aliphatic heterocycles. The van der Waals surface area contributed by atoms with Crippen LogP contribution in [0.2, 0.25) is 5.02 Å². The van der Waals surface area contributed by atoms with Gasteiger partial charge >= 0.3 is 0 Å². The van der Waals surface area contributed by atoms with E-state index in [-0.39, 0.29) is 16.0 Å². The van der Waals surface area contributed by atoms with Crippen LogP contribution < -0.4 is 5.73 Å². The van der Waals surface area contributed by atoms with Gasteiger partial charge in [-0.25, -0.2) is 0 Å². The average Bonchev–Trinajstić information content (AvgIpc) is 2.27. The van der Waals surface area contributed by atoms with E-state index < -0.39 is 0 Å². The van der Waals surface area contributed by atoms with Crippen molar-refractivity contribution in [1.82, 2.24) is 4.90 Å². The Morgan fingerprint density at radius 3 is 2.63 bits per heavy atom. The second kappa shape index (κ2) is 6.32. The summed E-state index contributed by atoms with van der Waals surface area (Å²) >= 11 is 5.90. The van der Waals surface area contributed by atoms with Gasteiger partial charge in [0.25, 0.3) is 5.69 Å². The molecule has 0 spiro atoms. The number of nitro benzene ring substituents is 1. The van der Waals surface area contributed by atoms with E-state index in [0.29, 0.717) is 23.7 Å². The van der Waals surface area contributed by atoms with Crippen LogP contribution in [0.15, 0.2) is 18.2 Å². The molecule has 1 rings (SSSR count). The summed E-state index contributed by atoms with van der Waals surface area (Å²) < 4.78 is 0. The first-order valence-corrected chi connectivity index (χ1v) is 6.44. The summed E-state index contributed by atoms with van der Waals surface area (Å²) in [6.45, 7) is 5.92. The second-order valence-corrected chi connectivity index (χ2v) is 6.01. The average molecular weight is 286 g/mol. The number of halogens is 1. The molecule has 6 heteroatoms. The van der Waals surface area contributed by atoms with Crippen molar-refractivity contribution in [2.24, 2.45) is 11.1 Å². The Kier molecular flexibility index (Phi) is 5.29. The first-order valence-electron chi connectivity index (χ1n) is 6.06. The highest BCUT2D eigenvalue weighted by Crippen LogP contribution is 2.25. The summed E-state index contributed by atoms with van der Waals surface area (Å²) in [6, 6.07) is 4.62. The Balaban J connectivity index is 2.87. The first-order chi connectivity index (χ1) is 8.75. The van der Waals surface area contributed by atoms with Gasteiger partial charge in [0, 0.05) is 29.7 Å². The lowest BCUT2D eigenvalue weighted by Crippen LogP contribution is -2.36. The van der Waals surface area contributed by atoms with Gasteiger partial charge in [-0.2, -0.15) is 0 Å². The summed E-state index contributed by atoms with van der Waals surface area (Å²) in [5.74, 6) is 0. The van der Waals surface area contributed by atoms with Crippen LogP contribution in [0.4, 0.5) is 5.69 Å². The maximum absolute atomic E-state index is 11.0. The van der Waals surface area contributed by atoms with Crippen molar-refractivity contribution >= 4 is 17.3 Å². The topological polar surface area (TPSA) is 72.4 Å². The SMILES string of the molecule is CN(Cc1cc(Cl)ccc1[N+](=O)[O-])CC(C)(C)CN. The molecule has 0 atom stereocenters. The monoisotopic (exact) mass is 285 g/mol. The Morgan fingerprint density at radius 2 is 2.11 bits per heavy atom. The molecule has 0 aliphatic rings. The molecule has 0 radical (unpaired) electrons. The fourth-order valence-electron chi connectivity index (χ4n) is 2.00. The van der Waals surface area contributed by atoms with Crippen molar-refractivity contribution in [3.8, 4) is 0 Å². The van der Waals surface area contributed by atoms with Crippen molar-refractivity contribution in [2.45, 2.75) is 20.4 Å². The van der Waals surface area contributed by atoms with Crippen molar-refractivity contribution < 1.29 is 4.92 Å². The lowest BCUT2D eigenvalue weighted by Gasteiger charge is -2.28. The Morgan fingerprint density at radius 1 is 1.47 bits per heavy atom. The summed E-state index contributed by atoms with van der Waals surface area (Å²) in [7, 11) is 1.92. The van der Waals surface area contributed by atoms with Crippen LogP contribution in [0.3, 0.4) is 0 Å². The van der Waals surface area contributed by atoms with E-state index in [1.54, 1.807) is 6.07 Å². The lowest BCUT2D eigenvalue weighted by atomic mass is 9.93.